The molecule has 130 valence electrons. The number of rotatable bonds is 10. The zero-order valence-electron chi connectivity index (χ0n) is 13.5. The van der Waals surface area contributed by atoms with Gasteiger partial charge in [-0.15, -0.1) is 0 Å². The minimum Gasteiger partial charge on any atom is -0.337 e. The predicted octanol–water partition coefficient (Wildman–Crippen LogP) is 4.95. The standard InChI is InChI=1S/C17H25Cl3N2O/c1-2-3-4-5-9-12-15(23)22-16(17(18,19)20)21-13-14-10-7-6-8-11-14/h6-8,10-11,16,21H,2-5,9,12-13H2,1H3,(H,22,23)/t16-/m1/s1. The van der Waals surface area contributed by atoms with Crippen molar-refractivity contribution in [3.63, 3.8) is 0 Å². The Morgan fingerprint density at radius 3 is 2.35 bits per heavy atom. The molecule has 0 heterocycles. The molecule has 0 unspecified atom stereocenters. The van der Waals surface area contributed by atoms with Gasteiger partial charge in [0.1, 0.15) is 6.17 Å². The van der Waals surface area contributed by atoms with E-state index in [2.05, 4.69) is 17.6 Å². The summed E-state index contributed by atoms with van der Waals surface area (Å²) < 4.78 is -1.60. The molecule has 0 aliphatic heterocycles. The SMILES string of the molecule is CCCCCCCC(=O)N[C@@H](NCc1ccccc1)C(Cl)(Cl)Cl. The minimum atomic E-state index is -1.60. The van der Waals surface area contributed by atoms with Crippen LogP contribution in [0, 0.1) is 0 Å². The highest BCUT2D eigenvalue weighted by molar-refractivity contribution is 6.68. The fraction of sp³-hybridized carbons (Fsp3) is 0.588. The Morgan fingerprint density at radius 1 is 1.09 bits per heavy atom. The quantitative estimate of drug-likeness (QED) is 0.343. The third-order valence-electron chi connectivity index (χ3n) is 3.49. The van der Waals surface area contributed by atoms with Crippen molar-refractivity contribution in [3.8, 4) is 0 Å². The van der Waals surface area contributed by atoms with Gasteiger partial charge in [0.15, 0.2) is 0 Å². The molecule has 0 aliphatic carbocycles. The highest BCUT2D eigenvalue weighted by Gasteiger charge is 2.33. The molecule has 1 rings (SSSR count). The molecule has 2 N–H and O–H groups in total. The van der Waals surface area contributed by atoms with Crippen molar-refractivity contribution in [2.75, 3.05) is 0 Å². The second-order valence-electron chi connectivity index (χ2n) is 5.57. The van der Waals surface area contributed by atoms with Crippen LogP contribution in [0.5, 0.6) is 0 Å². The van der Waals surface area contributed by atoms with Crippen molar-refractivity contribution in [1.29, 1.82) is 0 Å². The average molecular weight is 380 g/mol. The number of nitrogens with one attached hydrogen (secondary N) is 2. The van der Waals surface area contributed by atoms with E-state index in [-0.39, 0.29) is 5.91 Å². The van der Waals surface area contributed by atoms with E-state index in [1.807, 2.05) is 30.3 Å². The zero-order valence-corrected chi connectivity index (χ0v) is 15.7. The van der Waals surface area contributed by atoms with Gasteiger partial charge in [0.05, 0.1) is 0 Å². The summed E-state index contributed by atoms with van der Waals surface area (Å²) in [6.45, 7) is 2.67. The Bertz CT molecular complexity index is 449. The van der Waals surface area contributed by atoms with Crippen LogP contribution in [-0.4, -0.2) is 15.9 Å². The molecule has 23 heavy (non-hydrogen) atoms. The monoisotopic (exact) mass is 378 g/mol. The summed E-state index contributed by atoms with van der Waals surface area (Å²) >= 11 is 17.9. The van der Waals surface area contributed by atoms with E-state index in [1.54, 1.807) is 0 Å². The maximum atomic E-state index is 12.0. The van der Waals surface area contributed by atoms with E-state index in [1.165, 1.54) is 12.8 Å². The molecule has 0 spiro atoms. The van der Waals surface area contributed by atoms with Gasteiger partial charge in [-0.1, -0.05) is 97.7 Å². The molecule has 1 amide bonds. The molecule has 1 aromatic carbocycles. The third-order valence-corrected chi connectivity index (χ3v) is 4.15. The van der Waals surface area contributed by atoms with Crippen LogP contribution in [0.4, 0.5) is 0 Å². The molecule has 0 aromatic heterocycles. The maximum Gasteiger partial charge on any atom is 0.223 e. The number of carbonyl (C=O) groups is 1. The van der Waals surface area contributed by atoms with Crippen LogP contribution in [-0.2, 0) is 11.3 Å². The van der Waals surface area contributed by atoms with Gasteiger partial charge in [0.25, 0.3) is 0 Å². The average Bonchev–Trinajstić information content (AvgIpc) is 2.51. The minimum absolute atomic E-state index is 0.0987. The second-order valence-corrected chi connectivity index (χ2v) is 7.94. The van der Waals surface area contributed by atoms with Crippen molar-refractivity contribution < 1.29 is 4.79 Å². The first-order valence-corrected chi connectivity index (χ1v) is 9.20. The van der Waals surface area contributed by atoms with E-state index in [0.717, 1.165) is 24.8 Å². The normalized spacial score (nSPS) is 12.9. The predicted molar refractivity (Wildman–Crippen MR) is 98.9 cm³/mol. The van der Waals surface area contributed by atoms with Crippen molar-refractivity contribution in [3.05, 3.63) is 35.9 Å². The van der Waals surface area contributed by atoms with Crippen LogP contribution in [0.25, 0.3) is 0 Å². The number of amides is 1. The largest absolute Gasteiger partial charge is 0.337 e. The molecular formula is C17H25Cl3N2O. The van der Waals surface area contributed by atoms with E-state index >= 15 is 0 Å². The van der Waals surface area contributed by atoms with E-state index < -0.39 is 9.96 Å². The van der Waals surface area contributed by atoms with E-state index in [0.29, 0.717) is 13.0 Å². The van der Waals surface area contributed by atoms with Gasteiger partial charge in [0, 0.05) is 13.0 Å². The first kappa shape index (κ1) is 20.6. The first-order chi connectivity index (χ1) is 10.9. The molecule has 0 aliphatic rings. The first-order valence-electron chi connectivity index (χ1n) is 8.07. The van der Waals surface area contributed by atoms with Gasteiger partial charge in [-0.05, 0) is 12.0 Å². The number of unbranched alkanes of at least 4 members (excludes halogenated alkanes) is 4. The van der Waals surface area contributed by atoms with Crippen LogP contribution >= 0.6 is 34.8 Å². The summed E-state index contributed by atoms with van der Waals surface area (Å²) in [5.74, 6) is -0.0987. The Labute approximate surface area is 154 Å². The number of alkyl halides is 3. The summed E-state index contributed by atoms with van der Waals surface area (Å²) in [7, 11) is 0. The fourth-order valence-electron chi connectivity index (χ4n) is 2.19. The molecule has 0 saturated heterocycles. The van der Waals surface area contributed by atoms with Crippen LogP contribution < -0.4 is 10.6 Å². The topological polar surface area (TPSA) is 41.1 Å². The molecular weight excluding hydrogens is 355 g/mol. The molecule has 1 atom stereocenters. The Balaban J connectivity index is 2.40. The van der Waals surface area contributed by atoms with E-state index in [4.69, 9.17) is 34.8 Å². The Morgan fingerprint density at radius 2 is 1.74 bits per heavy atom. The summed E-state index contributed by atoms with van der Waals surface area (Å²) in [5.41, 5.74) is 1.06. The summed E-state index contributed by atoms with van der Waals surface area (Å²) in [4.78, 5) is 12.0. The van der Waals surface area contributed by atoms with E-state index in [9.17, 15) is 4.79 Å². The number of hydrogen-bond donors (Lipinski definition) is 2. The lowest BCUT2D eigenvalue weighted by Gasteiger charge is -2.26. The number of halogens is 3. The molecule has 0 radical (unpaired) electrons. The molecule has 1 aromatic rings. The highest BCUT2D eigenvalue weighted by Crippen LogP contribution is 2.29. The van der Waals surface area contributed by atoms with Crippen LogP contribution in [0.15, 0.2) is 30.3 Å². The summed E-state index contributed by atoms with van der Waals surface area (Å²) in [6, 6.07) is 9.76. The Hall–Kier alpha value is -0.480. The molecule has 0 saturated carbocycles. The maximum absolute atomic E-state index is 12.0. The number of carbonyl (C=O) groups excluding carboxylic acids is 1. The van der Waals surface area contributed by atoms with Gasteiger partial charge >= 0.3 is 0 Å². The third kappa shape index (κ3) is 9.41. The van der Waals surface area contributed by atoms with Gasteiger partial charge in [-0.25, -0.2) is 0 Å². The smallest absolute Gasteiger partial charge is 0.223 e. The van der Waals surface area contributed by atoms with Crippen LogP contribution in [0.1, 0.15) is 51.0 Å². The lowest BCUT2D eigenvalue weighted by atomic mass is 10.1. The number of benzene rings is 1. The zero-order chi connectivity index (χ0) is 17.1. The van der Waals surface area contributed by atoms with Crippen LogP contribution in [0.2, 0.25) is 0 Å². The molecule has 3 nitrogen and oxygen atoms in total. The molecule has 6 heteroatoms. The number of hydrogen-bond acceptors (Lipinski definition) is 2. The molecule has 0 fully saturated rings. The van der Waals surface area contributed by atoms with Crippen molar-refractivity contribution >= 4 is 40.7 Å². The highest BCUT2D eigenvalue weighted by atomic mass is 35.6. The van der Waals surface area contributed by atoms with Crippen LogP contribution in [0.3, 0.4) is 0 Å². The lowest BCUT2D eigenvalue weighted by molar-refractivity contribution is -0.122. The van der Waals surface area contributed by atoms with Gasteiger partial charge in [0.2, 0.25) is 9.70 Å². The van der Waals surface area contributed by atoms with Gasteiger partial charge in [-0.3, -0.25) is 10.1 Å². The van der Waals surface area contributed by atoms with Crippen molar-refractivity contribution in [2.45, 2.75) is 62.0 Å². The van der Waals surface area contributed by atoms with Gasteiger partial charge in [-0.2, -0.15) is 0 Å². The summed E-state index contributed by atoms with van der Waals surface area (Å²) in [6.07, 6.45) is 5.18. The second kappa shape index (κ2) is 11.1. The lowest BCUT2D eigenvalue weighted by Crippen LogP contribution is -2.53. The summed E-state index contributed by atoms with van der Waals surface area (Å²) in [5, 5.41) is 5.86. The van der Waals surface area contributed by atoms with Crippen molar-refractivity contribution in [2.24, 2.45) is 0 Å². The van der Waals surface area contributed by atoms with Gasteiger partial charge < -0.3 is 5.32 Å². The van der Waals surface area contributed by atoms with Crippen molar-refractivity contribution in [1.82, 2.24) is 10.6 Å². The molecule has 0 bridgehead atoms. The Kier molecular flexibility index (Phi) is 9.96. The fourth-order valence-corrected chi connectivity index (χ4v) is 2.58.